The SMILES string of the molecule is O=C(NC12CC3CC(CC(C3)C1)C2)N1C[C@@H](O)[C@@H](O)C1. The molecule has 4 bridgehead atoms. The summed E-state index contributed by atoms with van der Waals surface area (Å²) in [7, 11) is 0. The van der Waals surface area contributed by atoms with E-state index in [9.17, 15) is 15.0 Å². The number of hydrogen-bond donors (Lipinski definition) is 3. The molecule has 0 radical (unpaired) electrons. The first-order valence-electron chi connectivity index (χ1n) is 7.96. The van der Waals surface area contributed by atoms with Gasteiger partial charge in [0.05, 0.1) is 25.3 Å². The maximum Gasteiger partial charge on any atom is 0.318 e. The van der Waals surface area contributed by atoms with Gasteiger partial charge < -0.3 is 20.4 Å². The fraction of sp³-hybridized carbons (Fsp3) is 0.933. The van der Waals surface area contributed by atoms with E-state index >= 15 is 0 Å². The molecule has 5 nitrogen and oxygen atoms in total. The number of carbonyl (C=O) groups excluding carboxylic acids is 1. The van der Waals surface area contributed by atoms with E-state index in [0.29, 0.717) is 0 Å². The van der Waals surface area contributed by atoms with Gasteiger partial charge in [-0.25, -0.2) is 4.79 Å². The first kappa shape index (κ1) is 12.9. The molecular weight excluding hydrogens is 256 g/mol. The smallest absolute Gasteiger partial charge is 0.318 e. The van der Waals surface area contributed by atoms with Gasteiger partial charge in [0.15, 0.2) is 0 Å². The Kier molecular flexibility index (Phi) is 2.80. The van der Waals surface area contributed by atoms with E-state index in [2.05, 4.69) is 5.32 Å². The molecule has 0 spiro atoms. The average Bonchev–Trinajstić information content (AvgIpc) is 2.67. The van der Waals surface area contributed by atoms with Gasteiger partial charge in [0.1, 0.15) is 0 Å². The lowest BCUT2D eigenvalue weighted by Gasteiger charge is -2.57. The Balaban J connectivity index is 1.45. The zero-order valence-electron chi connectivity index (χ0n) is 11.8. The Morgan fingerprint density at radius 1 is 0.950 bits per heavy atom. The molecule has 1 saturated heterocycles. The number of nitrogens with one attached hydrogen (secondary N) is 1. The van der Waals surface area contributed by atoms with Crippen LogP contribution >= 0.6 is 0 Å². The molecular formula is C15H24N2O3. The molecule has 0 aromatic rings. The predicted octanol–water partition coefficient (Wildman–Crippen LogP) is 0.702. The minimum Gasteiger partial charge on any atom is -0.388 e. The number of amides is 2. The molecule has 5 aliphatic rings. The van der Waals surface area contributed by atoms with Crippen molar-refractivity contribution >= 4 is 6.03 Å². The summed E-state index contributed by atoms with van der Waals surface area (Å²) in [4.78, 5) is 14.0. The third kappa shape index (κ3) is 2.02. The summed E-state index contributed by atoms with van der Waals surface area (Å²) in [6.45, 7) is 0.499. The first-order valence-corrected chi connectivity index (χ1v) is 7.96. The lowest BCUT2D eigenvalue weighted by Crippen LogP contribution is -2.61. The Morgan fingerprint density at radius 3 is 1.85 bits per heavy atom. The highest BCUT2D eigenvalue weighted by molar-refractivity contribution is 5.75. The highest BCUT2D eigenvalue weighted by Gasteiger charge is 2.52. The van der Waals surface area contributed by atoms with E-state index in [4.69, 9.17) is 0 Å². The lowest BCUT2D eigenvalue weighted by molar-refractivity contribution is -0.0155. The molecule has 0 aromatic carbocycles. The minimum atomic E-state index is -0.794. The highest BCUT2D eigenvalue weighted by atomic mass is 16.3. The van der Waals surface area contributed by atoms with Crippen molar-refractivity contribution < 1.29 is 15.0 Å². The molecule has 1 heterocycles. The summed E-state index contributed by atoms with van der Waals surface area (Å²) in [5.74, 6) is 2.41. The number of β-amino-alcohol motifs (C(OH)–C–C–N with tert-alkyl or cyclic N) is 2. The third-order valence-electron chi connectivity index (χ3n) is 5.96. The van der Waals surface area contributed by atoms with Crippen LogP contribution < -0.4 is 5.32 Å². The first-order chi connectivity index (χ1) is 9.53. The average molecular weight is 280 g/mol. The van der Waals surface area contributed by atoms with Gasteiger partial charge in [0, 0.05) is 5.54 Å². The molecule has 5 fully saturated rings. The molecule has 3 N–H and O–H groups in total. The Hall–Kier alpha value is -0.810. The predicted molar refractivity (Wildman–Crippen MR) is 73.0 cm³/mol. The monoisotopic (exact) mass is 280 g/mol. The number of carbonyl (C=O) groups is 1. The normalized spacial score (nSPS) is 49.7. The van der Waals surface area contributed by atoms with Crippen molar-refractivity contribution in [1.29, 1.82) is 0 Å². The number of urea groups is 1. The highest BCUT2D eigenvalue weighted by Crippen LogP contribution is 2.55. The third-order valence-corrected chi connectivity index (χ3v) is 5.96. The van der Waals surface area contributed by atoms with E-state index < -0.39 is 12.2 Å². The molecule has 20 heavy (non-hydrogen) atoms. The molecule has 5 heteroatoms. The number of aliphatic hydroxyl groups excluding tert-OH is 2. The molecule has 5 rings (SSSR count). The van der Waals surface area contributed by atoms with E-state index in [1.54, 1.807) is 4.90 Å². The summed E-state index contributed by atoms with van der Waals surface area (Å²) < 4.78 is 0. The minimum absolute atomic E-state index is 0.00429. The van der Waals surface area contributed by atoms with Gasteiger partial charge in [-0.1, -0.05) is 0 Å². The lowest BCUT2D eigenvalue weighted by atomic mass is 9.53. The summed E-state index contributed by atoms with van der Waals surface area (Å²) >= 11 is 0. The van der Waals surface area contributed by atoms with Crippen LogP contribution in [0.2, 0.25) is 0 Å². The second kappa shape index (κ2) is 4.34. The number of likely N-dealkylation sites (tertiary alicyclic amines) is 1. The van der Waals surface area contributed by atoms with E-state index in [1.165, 1.54) is 19.3 Å². The summed E-state index contributed by atoms with van der Waals surface area (Å²) in [5.41, 5.74) is 0.00429. The van der Waals surface area contributed by atoms with Gasteiger partial charge in [-0.3, -0.25) is 0 Å². The van der Waals surface area contributed by atoms with Gasteiger partial charge in [-0.2, -0.15) is 0 Å². The summed E-state index contributed by atoms with van der Waals surface area (Å²) in [6, 6.07) is -0.0949. The van der Waals surface area contributed by atoms with Crippen LogP contribution in [0.4, 0.5) is 4.79 Å². The second-order valence-electron chi connectivity index (χ2n) is 7.67. The van der Waals surface area contributed by atoms with E-state index in [1.807, 2.05) is 0 Å². The van der Waals surface area contributed by atoms with Crippen LogP contribution in [0, 0.1) is 17.8 Å². The molecule has 0 aromatic heterocycles. The van der Waals surface area contributed by atoms with Crippen molar-refractivity contribution in [2.75, 3.05) is 13.1 Å². The molecule has 4 saturated carbocycles. The maximum absolute atomic E-state index is 12.4. The second-order valence-corrected chi connectivity index (χ2v) is 7.67. The largest absolute Gasteiger partial charge is 0.388 e. The Bertz CT molecular complexity index is 380. The summed E-state index contributed by atoms with van der Waals surface area (Å²) in [6.07, 6.45) is 5.87. The number of hydrogen-bond acceptors (Lipinski definition) is 3. The molecule has 2 amide bonds. The fourth-order valence-electron chi connectivity index (χ4n) is 5.50. The van der Waals surface area contributed by atoms with Crippen LogP contribution in [-0.4, -0.2) is 52.0 Å². The quantitative estimate of drug-likeness (QED) is 0.662. The topological polar surface area (TPSA) is 72.8 Å². The van der Waals surface area contributed by atoms with Crippen LogP contribution in [0.3, 0.4) is 0 Å². The van der Waals surface area contributed by atoms with Crippen molar-refractivity contribution in [2.24, 2.45) is 17.8 Å². The van der Waals surface area contributed by atoms with Crippen molar-refractivity contribution in [3.8, 4) is 0 Å². The van der Waals surface area contributed by atoms with Crippen LogP contribution in [-0.2, 0) is 0 Å². The molecule has 4 aliphatic carbocycles. The van der Waals surface area contributed by atoms with Crippen LogP contribution in [0.15, 0.2) is 0 Å². The van der Waals surface area contributed by atoms with Gasteiger partial charge in [-0.15, -0.1) is 0 Å². The zero-order valence-corrected chi connectivity index (χ0v) is 11.8. The van der Waals surface area contributed by atoms with Crippen molar-refractivity contribution in [3.05, 3.63) is 0 Å². The van der Waals surface area contributed by atoms with Crippen molar-refractivity contribution in [1.82, 2.24) is 10.2 Å². The summed E-state index contributed by atoms with van der Waals surface area (Å²) in [5, 5.41) is 22.4. The molecule has 1 aliphatic heterocycles. The Labute approximate surface area is 119 Å². The van der Waals surface area contributed by atoms with E-state index in [0.717, 1.165) is 37.0 Å². The molecule has 2 atom stereocenters. The maximum atomic E-state index is 12.4. The molecule has 0 unspecified atom stereocenters. The standard InChI is InChI=1S/C15H24N2O3/c18-12-7-17(8-13(12)19)14(20)16-15-4-9-1-10(5-15)3-11(2-9)6-15/h9-13,18-19H,1-8H2,(H,16,20)/t9?,10?,11?,12-,13+,15?. The van der Waals surface area contributed by atoms with Crippen molar-refractivity contribution in [3.63, 3.8) is 0 Å². The van der Waals surface area contributed by atoms with Crippen LogP contribution in [0.25, 0.3) is 0 Å². The van der Waals surface area contributed by atoms with Crippen LogP contribution in [0.1, 0.15) is 38.5 Å². The molecule has 112 valence electrons. The number of aliphatic hydroxyl groups is 2. The number of nitrogens with zero attached hydrogens (tertiary/aromatic N) is 1. The van der Waals surface area contributed by atoms with Crippen LogP contribution in [0.5, 0.6) is 0 Å². The number of rotatable bonds is 1. The van der Waals surface area contributed by atoms with Crippen molar-refractivity contribution in [2.45, 2.75) is 56.3 Å². The fourth-order valence-corrected chi connectivity index (χ4v) is 5.50. The van der Waals surface area contributed by atoms with Gasteiger partial charge in [0.2, 0.25) is 0 Å². The van der Waals surface area contributed by atoms with Gasteiger partial charge in [-0.05, 0) is 56.3 Å². The zero-order chi connectivity index (χ0) is 13.9. The Morgan fingerprint density at radius 2 is 1.40 bits per heavy atom. The van der Waals surface area contributed by atoms with Gasteiger partial charge in [0.25, 0.3) is 0 Å². The van der Waals surface area contributed by atoms with Gasteiger partial charge >= 0.3 is 6.03 Å². The van der Waals surface area contributed by atoms with E-state index in [-0.39, 0.29) is 24.7 Å².